The molecule has 104 valence electrons. The van der Waals surface area contributed by atoms with E-state index in [0.717, 1.165) is 28.8 Å². The van der Waals surface area contributed by atoms with Gasteiger partial charge in [-0.15, -0.1) is 0 Å². The summed E-state index contributed by atoms with van der Waals surface area (Å²) in [6.45, 7) is 5.38. The van der Waals surface area contributed by atoms with Gasteiger partial charge in [-0.3, -0.25) is 4.68 Å². The summed E-state index contributed by atoms with van der Waals surface area (Å²) < 4.78 is 8.69. The fourth-order valence-electron chi connectivity index (χ4n) is 1.97. The number of para-hydroxylation sites is 1. The van der Waals surface area contributed by atoms with Gasteiger partial charge < -0.3 is 4.74 Å². The Morgan fingerprint density at radius 3 is 2.75 bits per heavy atom. The molecule has 0 unspecified atom stereocenters. The Morgan fingerprint density at radius 2 is 2.10 bits per heavy atom. The third kappa shape index (κ3) is 3.20. The minimum absolute atomic E-state index is 0.564. The summed E-state index contributed by atoms with van der Waals surface area (Å²) in [6, 6.07) is 9.40. The van der Waals surface area contributed by atoms with E-state index in [9.17, 15) is 0 Å². The van der Waals surface area contributed by atoms with Crippen molar-refractivity contribution in [1.82, 2.24) is 9.78 Å². The highest BCUT2D eigenvalue weighted by molar-refractivity contribution is 9.10. The summed E-state index contributed by atoms with van der Waals surface area (Å²) in [5.74, 6) is 0.643. The van der Waals surface area contributed by atoms with Gasteiger partial charge in [-0.2, -0.15) is 10.4 Å². The van der Waals surface area contributed by atoms with Crippen molar-refractivity contribution in [1.29, 1.82) is 5.26 Å². The van der Waals surface area contributed by atoms with E-state index in [2.05, 4.69) is 27.1 Å². The molecule has 4 nitrogen and oxygen atoms in total. The molecular formula is C15H16BrN3O. The standard InChI is InChI=1S/C15H16BrN3O/c1-11-15(16)12(2)19(18-11)8-5-9-20-14-7-4-3-6-13(14)10-17/h3-4,6-7H,5,8-9H2,1-2H3. The second-order valence-electron chi connectivity index (χ2n) is 4.52. The summed E-state index contributed by atoms with van der Waals surface area (Å²) in [7, 11) is 0. The molecule has 2 aromatic rings. The van der Waals surface area contributed by atoms with E-state index < -0.39 is 0 Å². The molecule has 0 saturated heterocycles. The zero-order valence-corrected chi connectivity index (χ0v) is 13.1. The monoisotopic (exact) mass is 333 g/mol. The molecule has 1 aromatic carbocycles. The van der Waals surface area contributed by atoms with E-state index in [0.29, 0.717) is 17.9 Å². The second kappa shape index (κ2) is 6.58. The molecule has 1 heterocycles. The fraction of sp³-hybridized carbons (Fsp3) is 0.333. The van der Waals surface area contributed by atoms with Gasteiger partial charge in [0.15, 0.2) is 0 Å². The highest BCUT2D eigenvalue weighted by atomic mass is 79.9. The Bertz CT molecular complexity index is 643. The highest BCUT2D eigenvalue weighted by Crippen LogP contribution is 2.20. The molecule has 0 aliphatic rings. The fourth-order valence-corrected chi connectivity index (χ4v) is 2.26. The van der Waals surface area contributed by atoms with Crippen LogP contribution in [0, 0.1) is 25.2 Å². The number of halogens is 1. The molecule has 2 rings (SSSR count). The Morgan fingerprint density at radius 1 is 1.35 bits per heavy atom. The summed E-state index contributed by atoms with van der Waals surface area (Å²) in [4.78, 5) is 0. The molecule has 0 amide bonds. The van der Waals surface area contributed by atoms with Crippen LogP contribution in [0.25, 0.3) is 0 Å². The first-order chi connectivity index (χ1) is 9.63. The van der Waals surface area contributed by atoms with Crippen LogP contribution in [-0.2, 0) is 6.54 Å². The Kier molecular flexibility index (Phi) is 4.80. The number of benzene rings is 1. The second-order valence-corrected chi connectivity index (χ2v) is 5.31. The minimum Gasteiger partial charge on any atom is -0.492 e. The smallest absolute Gasteiger partial charge is 0.137 e. The number of ether oxygens (including phenoxy) is 1. The van der Waals surface area contributed by atoms with Crippen molar-refractivity contribution >= 4 is 15.9 Å². The van der Waals surface area contributed by atoms with Crippen LogP contribution in [0.5, 0.6) is 5.75 Å². The molecule has 0 N–H and O–H groups in total. The van der Waals surface area contributed by atoms with Gasteiger partial charge in [-0.1, -0.05) is 12.1 Å². The van der Waals surface area contributed by atoms with Crippen molar-refractivity contribution < 1.29 is 4.74 Å². The van der Waals surface area contributed by atoms with Crippen molar-refractivity contribution in [3.05, 3.63) is 45.7 Å². The van der Waals surface area contributed by atoms with E-state index in [4.69, 9.17) is 10.00 Å². The summed E-state index contributed by atoms with van der Waals surface area (Å²) >= 11 is 3.51. The van der Waals surface area contributed by atoms with Crippen LogP contribution in [0.2, 0.25) is 0 Å². The number of nitriles is 1. The third-order valence-electron chi connectivity index (χ3n) is 3.07. The zero-order chi connectivity index (χ0) is 14.5. The lowest BCUT2D eigenvalue weighted by Crippen LogP contribution is -2.07. The SMILES string of the molecule is Cc1nn(CCCOc2ccccc2C#N)c(C)c1Br. The quantitative estimate of drug-likeness (QED) is 0.785. The minimum atomic E-state index is 0.564. The van der Waals surface area contributed by atoms with Crippen LogP contribution in [0.1, 0.15) is 23.4 Å². The maximum absolute atomic E-state index is 8.97. The topological polar surface area (TPSA) is 50.8 Å². The number of aryl methyl sites for hydroxylation is 2. The van der Waals surface area contributed by atoms with Gasteiger partial charge in [0.2, 0.25) is 0 Å². The van der Waals surface area contributed by atoms with Crippen molar-refractivity contribution in [2.75, 3.05) is 6.61 Å². The Hall–Kier alpha value is -1.80. The van der Waals surface area contributed by atoms with E-state index in [1.54, 1.807) is 6.07 Å². The molecule has 0 saturated carbocycles. The van der Waals surface area contributed by atoms with Crippen LogP contribution in [0.3, 0.4) is 0 Å². The summed E-state index contributed by atoms with van der Waals surface area (Å²) in [5, 5.41) is 13.4. The summed E-state index contributed by atoms with van der Waals surface area (Å²) in [5.41, 5.74) is 2.69. The van der Waals surface area contributed by atoms with Gasteiger partial charge >= 0.3 is 0 Å². The number of hydrogen-bond donors (Lipinski definition) is 0. The van der Waals surface area contributed by atoms with Crippen LogP contribution >= 0.6 is 15.9 Å². The van der Waals surface area contributed by atoms with E-state index in [-0.39, 0.29) is 0 Å². The largest absolute Gasteiger partial charge is 0.492 e. The average Bonchev–Trinajstić information content (AvgIpc) is 2.71. The van der Waals surface area contributed by atoms with Crippen molar-refractivity contribution in [2.24, 2.45) is 0 Å². The molecule has 5 heteroatoms. The maximum Gasteiger partial charge on any atom is 0.137 e. The van der Waals surface area contributed by atoms with Crippen molar-refractivity contribution in [2.45, 2.75) is 26.8 Å². The molecule has 0 bridgehead atoms. The first-order valence-corrected chi connectivity index (χ1v) is 7.24. The molecule has 0 spiro atoms. The third-order valence-corrected chi connectivity index (χ3v) is 4.22. The zero-order valence-electron chi connectivity index (χ0n) is 11.6. The lowest BCUT2D eigenvalue weighted by Gasteiger charge is -2.08. The predicted octanol–water partition coefficient (Wildman–Crippen LogP) is 3.60. The molecule has 0 atom stereocenters. The molecule has 0 fully saturated rings. The molecule has 20 heavy (non-hydrogen) atoms. The van der Waals surface area contributed by atoms with Gasteiger partial charge in [-0.25, -0.2) is 0 Å². The number of rotatable bonds is 5. The van der Waals surface area contributed by atoms with E-state index in [1.807, 2.05) is 36.7 Å². The van der Waals surface area contributed by atoms with Crippen molar-refractivity contribution in [3.8, 4) is 11.8 Å². The molecule has 0 radical (unpaired) electrons. The van der Waals surface area contributed by atoms with Crippen LogP contribution in [-0.4, -0.2) is 16.4 Å². The number of hydrogen-bond acceptors (Lipinski definition) is 3. The normalized spacial score (nSPS) is 10.3. The Labute approximate surface area is 127 Å². The van der Waals surface area contributed by atoms with Crippen LogP contribution in [0.15, 0.2) is 28.7 Å². The van der Waals surface area contributed by atoms with Gasteiger partial charge in [-0.05, 0) is 41.9 Å². The van der Waals surface area contributed by atoms with E-state index in [1.165, 1.54) is 0 Å². The number of aromatic nitrogens is 2. The number of nitrogens with zero attached hydrogens (tertiary/aromatic N) is 3. The van der Waals surface area contributed by atoms with Gasteiger partial charge in [0.1, 0.15) is 11.8 Å². The van der Waals surface area contributed by atoms with Gasteiger partial charge in [0, 0.05) is 18.7 Å². The molecule has 0 aliphatic heterocycles. The molecular weight excluding hydrogens is 318 g/mol. The predicted molar refractivity (Wildman–Crippen MR) is 80.7 cm³/mol. The van der Waals surface area contributed by atoms with Crippen molar-refractivity contribution in [3.63, 3.8) is 0 Å². The maximum atomic E-state index is 8.97. The first-order valence-electron chi connectivity index (χ1n) is 6.45. The molecule has 0 aliphatic carbocycles. The van der Waals surface area contributed by atoms with Gasteiger partial charge in [0.05, 0.1) is 22.3 Å². The lowest BCUT2D eigenvalue weighted by atomic mass is 10.2. The average molecular weight is 334 g/mol. The first kappa shape index (κ1) is 14.6. The lowest BCUT2D eigenvalue weighted by molar-refractivity contribution is 0.297. The van der Waals surface area contributed by atoms with Crippen LogP contribution < -0.4 is 4.74 Å². The summed E-state index contributed by atoms with van der Waals surface area (Å²) in [6.07, 6.45) is 0.841. The van der Waals surface area contributed by atoms with Gasteiger partial charge in [0.25, 0.3) is 0 Å². The Balaban J connectivity index is 1.88. The molecule has 1 aromatic heterocycles. The van der Waals surface area contributed by atoms with E-state index >= 15 is 0 Å². The highest BCUT2D eigenvalue weighted by Gasteiger charge is 2.08. The van der Waals surface area contributed by atoms with Crippen LogP contribution in [0.4, 0.5) is 0 Å².